The molecule has 0 bridgehead atoms. The van der Waals surface area contributed by atoms with Crippen LogP contribution in [-0.4, -0.2) is 33.8 Å². The van der Waals surface area contributed by atoms with Gasteiger partial charge in [0.25, 0.3) is 0 Å². The van der Waals surface area contributed by atoms with Crippen molar-refractivity contribution in [3.05, 3.63) is 12.1 Å². The Bertz CT molecular complexity index is 454. The molecule has 20 heavy (non-hydrogen) atoms. The highest BCUT2D eigenvalue weighted by atomic mass is 35.5. The number of carbonyl (C=O) groups is 1. The lowest BCUT2D eigenvalue weighted by Crippen LogP contribution is -2.26. The number of amides is 1. The summed E-state index contributed by atoms with van der Waals surface area (Å²) in [5, 5.41) is 2.76. The van der Waals surface area contributed by atoms with Crippen molar-refractivity contribution < 1.29 is 19.0 Å². The molecule has 1 rings (SSSR count). The van der Waals surface area contributed by atoms with Crippen LogP contribution in [0.25, 0.3) is 0 Å². The van der Waals surface area contributed by atoms with E-state index in [1.165, 1.54) is 21.3 Å². The monoisotopic (exact) mass is 304 g/mol. The molecule has 1 aromatic rings. The number of carbonyl (C=O) groups excluding carboxylic acids is 1. The number of nitrogens with one attached hydrogen (secondary N) is 1. The van der Waals surface area contributed by atoms with Crippen molar-refractivity contribution in [2.45, 2.75) is 6.92 Å². The highest BCUT2D eigenvalue weighted by Crippen LogP contribution is 2.42. The fourth-order valence-corrected chi connectivity index (χ4v) is 1.56. The Morgan fingerprint density at radius 1 is 1.20 bits per heavy atom. The van der Waals surface area contributed by atoms with Gasteiger partial charge in [0, 0.05) is 12.5 Å². The van der Waals surface area contributed by atoms with Gasteiger partial charge in [-0.1, -0.05) is 6.92 Å². The molecule has 0 radical (unpaired) electrons. The first kappa shape index (κ1) is 18.3. The van der Waals surface area contributed by atoms with Crippen LogP contribution in [0.1, 0.15) is 6.92 Å². The van der Waals surface area contributed by atoms with Gasteiger partial charge < -0.3 is 25.3 Å². The van der Waals surface area contributed by atoms with E-state index in [4.69, 9.17) is 19.9 Å². The van der Waals surface area contributed by atoms with Crippen LogP contribution in [0.5, 0.6) is 17.2 Å². The van der Waals surface area contributed by atoms with Crippen molar-refractivity contribution >= 4 is 24.0 Å². The number of benzene rings is 1. The van der Waals surface area contributed by atoms with E-state index in [1.807, 2.05) is 0 Å². The Balaban J connectivity index is 0.00000361. The molecule has 0 saturated heterocycles. The topological polar surface area (TPSA) is 82.8 Å². The molecule has 0 aromatic heterocycles. The lowest BCUT2D eigenvalue weighted by atomic mass is 10.1. The first-order valence-corrected chi connectivity index (χ1v) is 5.88. The molecular weight excluding hydrogens is 284 g/mol. The molecule has 6 nitrogen and oxygen atoms in total. The second kappa shape index (κ2) is 8.50. The molecule has 3 N–H and O–H groups in total. The molecule has 1 aromatic carbocycles. The Morgan fingerprint density at radius 3 is 2.25 bits per heavy atom. The minimum Gasteiger partial charge on any atom is -0.493 e. The summed E-state index contributed by atoms with van der Waals surface area (Å²) < 4.78 is 15.7. The molecule has 0 heterocycles. The largest absolute Gasteiger partial charge is 0.493 e. The Kier molecular flexibility index (Phi) is 7.79. The molecular formula is C13H21ClN2O4. The smallest absolute Gasteiger partial charge is 0.228 e. The number of hydrogen-bond donors (Lipinski definition) is 2. The summed E-state index contributed by atoms with van der Waals surface area (Å²) in [6, 6.07) is 3.39. The number of methoxy groups -OCH3 is 3. The first-order chi connectivity index (χ1) is 9.08. The van der Waals surface area contributed by atoms with Crippen LogP contribution in [0.3, 0.4) is 0 Å². The second-order valence-electron chi connectivity index (χ2n) is 4.01. The maximum absolute atomic E-state index is 11.8. The zero-order valence-corrected chi connectivity index (χ0v) is 12.9. The Morgan fingerprint density at radius 2 is 1.80 bits per heavy atom. The SMILES string of the molecule is COc1ccc(NC(=O)C(C)CN)c(OC)c1OC.Cl. The third-order valence-corrected chi connectivity index (χ3v) is 2.76. The minimum absolute atomic E-state index is 0. The molecule has 0 saturated carbocycles. The van der Waals surface area contributed by atoms with Gasteiger partial charge in [-0.05, 0) is 12.1 Å². The van der Waals surface area contributed by atoms with Gasteiger partial charge >= 0.3 is 0 Å². The van der Waals surface area contributed by atoms with Gasteiger partial charge in [-0.3, -0.25) is 4.79 Å². The van der Waals surface area contributed by atoms with Crippen LogP contribution >= 0.6 is 12.4 Å². The summed E-state index contributed by atoms with van der Waals surface area (Å²) >= 11 is 0. The number of rotatable bonds is 6. The van der Waals surface area contributed by atoms with E-state index in [-0.39, 0.29) is 30.8 Å². The van der Waals surface area contributed by atoms with Gasteiger partial charge in [-0.15, -0.1) is 12.4 Å². The summed E-state index contributed by atoms with van der Waals surface area (Å²) in [5.74, 6) is 0.928. The van der Waals surface area contributed by atoms with Gasteiger partial charge in [0.15, 0.2) is 11.5 Å². The van der Waals surface area contributed by atoms with E-state index in [9.17, 15) is 4.79 Å². The standard InChI is InChI=1S/C13H20N2O4.ClH/c1-8(7-14)13(16)15-9-5-6-10(17-2)12(19-4)11(9)18-3;/h5-6,8H,7,14H2,1-4H3,(H,15,16);1H. The van der Waals surface area contributed by atoms with E-state index < -0.39 is 0 Å². The van der Waals surface area contributed by atoms with E-state index in [2.05, 4.69) is 5.32 Å². The number of hydrogen-bond acceptors (Lipinski definition) is 5. The van der Waals surface area contributed by atoms with Crippen LogP contribution in [0, 0.1) is 5.92 Å². The zero-order chi connectivity index (χ0) is 14.4. The van der Waals surface area contributed by atoms with Crippen molar-refractivity contribution in [2.75, 3.05) is 33.2 Å². The van der Waals surface area contributed by atoms with E-state index in [1.54, 1.807) is 19.1 Å². The van der Waals surface area contributed by atoms with E-state index in [0.717, 1.165) is 0 Å². The van der Waals surface area contributed by atoms with Crippen LogP contribution in [-0.2, 0) is 4.79 Å². The average Bonchev–Trinajstić information content (AvgIpc) is 2.45. The normalized spacial score (nSPS) is 11.1. The number of anilines is 1. The molecule has 0 aliphatic carbocycles. The molecule has 0 fully saturated rings. The molecule has 7 heteroatoms. The van der Waals surface area contributed by atoms with Crippen molar-refractivity contribution in [2.24, 2.45) is 11.7 Å². The first-order valence-electron chi connectivity index (χ1n) is 5.88. The average molecular weight is 305 g/mol. The molecule has 1 atom stereocenters. The van der Waals surface area contributed by atoms with E-state index in [0.29, 0.717) is 22.9 Å². The number of nitrogens with two attached hydrogens (primary N) is 1. The summed E-state index contributed by atoms with van der Waals surface area (Å²) in [6.07, 6.45) is 0. The summed E-state index contributed by atoms with van der Waals surface area (Å²) in [7, 11) is 4.54. The Hall–Kier alpha value is -1.66. The van der Waals surface area contributed by atoms with Gasteiger partial charge in [0.1, 0.15) is 0 Å². The molecule has 114 valence electrons. The van der Waals surface area contributed by atoms with Crippen LogP contribution in [0.2, 0.25) is 0 Å². The van der Waals surface area contributed by atoms with Crippen LogP contribution in [0.4, 0.5) is 5.69 Å². The predicted molar refractivity (Wildman–Crippen MR) is 80.2 cm³/mol. The molecule has 1 unspecified atom stereocenters. The van der Waals surface area contributed by atoms with Crippen molar-refractivity contribution in [3.63, 3.8) is 0 Å². The van der Waals surface area contributed by atoms with Crippen molar-refractivity contribution in [3.8, 4) is 17.2 Å². The van der Waals surface area contributed by atoms with Crippen LogP contribution in [0.15, 0.2) is 12.1 Å². The highest BCUT2D eigenvalue weighted by Gasteiger charge is 2.19. The predicted octanol–water partition coefficient (Wildman–Crippen LogP) is 1.67. The van der Waals surface area contributed by atoms with E-state index >= 15 is 0 Å². The number of ether oxygens (including phenoxy) is 3. The second-order valence-corrected chi connectivity index (χ2v) is 4.01. The fourth-order valence-electron chi connectivity index (χ4n) is 1.56. The van der Waals surface area contributed by atoms with Crippen LogP contribution < -0.4 is 25.3 Å². The lowest BCUT2D eigenvalue weighted by Gasteiger charge is -2.17. The fraction of sp³-hybridized carbons (Fsp3) is 0.462. The summed E-state index contributed by atoms with van der Waals surface area (Å²) in [5.41, 5.74) is 5.98. The van der Waals surface area contributed by atoms with Gasteiger partial charge in [0.2, 0.25) is 11.7 Å². The maximum Gasteiger partial charge on any atom is 0.228 e. The Labute approximate surface area is 125 Å². The summed E-state index contributed by atoms with van der Waals surface area (Å²) in [6.45, 7) is 2.03. The third kappa shape index (κ3) is 3.91. The third-order valence-electron chi connectivity index (χ3n) is 2.76. The quantitative estimate of drug-likeness (QED) is 0.835. The van der Waals surface area contributed by atoms with Crippen molar-refractivity contribution in [1.82, 2.24) is 0 Å². The van der Waals surface area contributed by atoms with Gasteiger partial charge in [-0.2, -0.15) is 0 Å². The molecule has 0 aliphatic rings. The van der Waals surface area contributed by atoms with Crippen molar-refractivity contribution in [1.29, 1.82) is 0 Å². The zero-order valence-electron chi connectivity index (χ0n) is 12.1. The summed E-state index contributed by atoms with van der Waals surface area (Å²) in [4.78, 5) is 11.8. The number of halogens is 1. The van der Waals surface area contributed by atoms with Gasteiger partial charge in [-0.25, -0.2) is 0 Å². The highest BCUT2D eigenvalue weighted by molar-refractivity contribution is 5.94. The maximum atomic E-state index is 11.8. The van der Waals surface area contributed by atoms with Gasteiger partial charge in [0.05, 0.1) is 27.0 Å². The minimum atomic E-state index is -0.280. The molecule has 1 amide bonds. The molecule has 0 aliphatic heterocycles. The molecule has 0 spiro atoms. The lowest BCUT2D eigenvalue weighted by molar-refractivity contribution is -0.119.